The normalized spacial score (nSPS) is 10.6. The van der Waals surface area contributed by atoms with Gasteiger partial charge < -0.3 is 13.9 Å². The summed E-state index contributed by atoms with van der Waals surface area (Å²) in [5.41, 5.74) is 2.26. The molecule has 0 spiro atoms. The van der Waals surface area contributed by atoms with E-state index in [1.165, 1.54) is 0 Å². The van der Waals surface area contributed by atoms with E-state index in [0.29, 0.717) is 11.3 Å². The minimum Gasteiger partial charge on any atom is -0.425 e. The molecule has 0 bridgehead atoms. The first-order chi connectivity index (χ1) is 12.3. The predicted molar refractivity (Wildman–Crippen MR) is 94.7 cm³/mol. The predicted octanol–water partition coefficient (Wildman–Crippen LogP) is 5.68. The van der Waals surface area contributed by atoms with Crippen LogP contribution in [0.5, 0.6) is 11.7 Å². The van der Waals surface area contributed by atoms with Gasteiger partial charge in [-0.05, 0) is 23.8 Å². The highest BCUT2D eigenvalue weighted by Crippen LogP contribution is 2.40. The van der Waals surface area contributed by atoms with E-state index in [-0.39, 0.29) is 5.95 Å². The van der Waals surface area contributed by atoms with Crippen molar-refractivity contribution in [1.29, 1.82) is 0 Å². The molecule has 4 heteroatoms. The third kappa shape index (κ3) is 3.10. The summed E-state index contributed by atoms with van der Waals surface area (Å²) in [5.74, 6) is 0.526. The Hall–Kier alpha value is -3.53. The van der Waals surface area contributed by atoms with Crippen molar-refractivity contribution >= 4 is 17.1 Å². The largest absolute Gasteiger partial charge is 0.521 e. The van der Waals surface area contributed by atoms with Crippen LogP contribution in [0.25, 0.3) is 22.1 Å². The van der Waals surface area contributed by atoms with Crippen molar-refractivity contribution in [3.8, 4) is 22.8 Å². The summed E-state index contributed by atoms with van der Waals surface area (Å²) in [4.78, 5) is 12.1. The maximum Gasteiger partial charge on any atom is 0.521 e. The maximum absolute atomic E-state index is 12.1. The van der Waals surface area contributed by atoms with E-state index in [0.717, 1.165) is 16.5 Å². The third-order valence-electron chi connectivity index (χ3n) is 3.75. The van der Waals surface area contributed by atoms with Gasteiger partial charge in [-0.25, -0.2) is 4.79 Å². The second-order valence-electron chi connectivity index (χ2n) is 5.39. The van der Waals surface area contributed by atoms with Gasteiger partial charge in [0.2, 0.25) is 0 Å². The highest BCUT2D eigenvalue weighted by atomic mass is 16.8. The molecule has 4 aromatic rings. The molecule has 1 heterocycles. The summed E-state index contributed by atoms with van der Waals surface area (Å²) >= 11 is 0. The lowest BCUT2D eigenvalue weighted by molar-refractivity contribution is 0.141. The average Bonchev–Trinajstić information content (AvgIpc) is 3.01. The van der Waals surface area contributed by atoms with Gasteiger partial charge in [-0.2, -0.15) is 0 Å². The second-order valence-corrected chi connectivity index (χ2v) is 5.39. The van der Waals surface area contributed by atoms with E-state index < -0.39 is 6.16 Å². The lowest BCUT2D eigenvalue weighted by Crippen LogP contribution is -2.13. The molecule has 25 heavy (non-hydrogen) atoms. The van der Waals surface area contributed by atoms with Crippen LogP contribution in [-0.4, -0.2) is 6.16 Å². The molecular formula is C21H14O4. The van der Waals surface area contributed by atoms with Crippen molar-refractivity contribution in [3.63, 3.8) is 0 Å². The van der Waals surface area contributed by atoms with Crippen molar-refractivity contribution in [3.05, 3.63) is 84.9 Å². The summed E-state index contributed by atoms with van der Waals surface area (Å²) < 4.78 is 16.3. The van der Waals surface area contributed by atoms with E-state index in [2.05, 4.69) is 0 Å². The highest BCUT2D eigenvalue weighted by Gasteiger charge is 2.20. The fourth-order valence-electron chi connectivity index (χ4n) is 2.65. The van der Waals surface area contributed by atoms with Crippen LogP contribution < -0.4 is 9.47 Å². The number of carbonyl (C=O) groups excluding carboxylic acids is 1. The molecule has 0 N–H and O–H groups in total. The van der Waals surface area contributed by atoms with Crippen LogP contribution in [0.4, 0.5) is 4.79 Å². The molecule has 0 aliphatic rings. The molecule has 0 atom stereocenters. The van der Waals surface area contributed by atoms with Gasteiger partial charge in [0.05, 0.1) is 5.56 Å². The van der Waals surface area contributed by atoms with Crippen LogP contribution in [0.1, 0.15) is 0 Å². The van der Waals surface area contributed by atoms with Crippen molar-refractivity contribution < 1.29 is 18.7 Å². The zero-order valence-corrected chi connectivity index (χ0v) is 13.2. The van der Waals surface area contributed by atoms with Crippen LogP contribution in [0, 0.1) is 0 Å². The Bertz CT molecular complexity index is 1000. The average molecular weight is 330 g/mol. The molecule has 0 aliphatic heterocycles. The lowest BCUT2D eigenvalue weighted by Gasteiger charge is -2.05. The van der Waals surface area contributed by atoms with Crippen LogP contribution in [0.3, 0.4) is 0 Å². The molecule has 4 nitrogen and oxygen atoms in total. The zero-order chi connectivity index (χ0) is 17.1. The number of hydrogen-bond donors (Lipinski definition) is 0. The van der Waals surface area contributed by atoms with Crippen molar-refractivity contribution in [2.24, 2.45) is 0 Å². The Morgan fingerprint density at radius 1 is 0.720 bits per heavy atom. The fraction of sp³-hybridized carbons (Fsp3) is 0. The van der Waals surface area contributed by atoms with Crippen LogP contribution in [0.15, 0.2) is 89.3 Å². The zero-order valence-electron chi connectivity index (χ0n) is 13.2. The van der Waals surface area contributed by atoms with E-state index in [1.807, 2.05) is 60.7 Å². The number of rotatable bonds is 3. The monoisotopic (exact) mass is 330 g/mol. The standard InChI is InChI=1S/C21H14O4/c22-21(23-16-11-5-2-6-12-16)25-20-19(15-9-3-1-4-10-15)17-13-7-8-14-18(17)24-20/h1-14H. The summed E-state index contributed by atoms with van der Waals surface area (Å²) in [5, 5.41) is 0.871. The molecule has 0 aliphatic carbocycles. The summed E-state index contributed by atoms with van der Waals surface area (Å²) in [6.07, 6.45) is -0.845. The fourth-order valence-corrected chi connectivity index (χ4v) is 2.65. The molecule has 3 aromatic carbocycles. The number of hydrogen-bond acceptors (Lipinski definition) is 4. The van der Waals surface area contributed by atoms with E-state index in [1.54, 1.807) is 24.3 Å². The van der Waals surface area contributed by atoms with Gasteiger partial charge >= 0.3 is 12.1 Å². The van der Waals surface area contributed by atoms with Gasteiger partial charge in [-0.3, -0.25) is 0 Å². The van der Waals surface area contributed by atoms with Gasteiger partial charge in [0.1, 0.15) is 11.3 Å². The first-order valence-electron chi connectivity index (χ1n) is 7.83. The summed E-state index contributed by atoms with van der Waals surface area (Å²) in [7, 11) is 0. The molecule has 0 fully saturated rings. The number of para-hydroxylation sites is 2. The molecule has 4 rings (SSSR count). The summed E-state index contributed by atoms with van der Waals surface area (Å²) in [6, 6.07) is 25.9. The van der Waals surface area contributed by atoms with Gasteiger partial charge in [0.15, 0.2) is 0 Å². The van der Waals surface area contributed by atoms with Crippen LogP contribution >= 0.6 is 0 Å². The Labute approximate surface area is 144 Å². The van der Waals surface area contributed by atoms with Gasteiger partial charge in [0.25, 0.3) is 0 Å². The van der Waals surface area contributed by atoms with Crippen LogP contribution in [-0.2, 0) is 0 Å². The smallest absolute Gasteiger partial charge is 0.425 e. The SMILES string of the molecule is O=C(Oc1ccccc1)Oc1oc2ccccc2c1-c1ccccc1. The van der Waals surface area contributed by atoms with Gasteiger partial charge in [0, 0.05) is 5.39 Å². The molecule has 1 aromatic heterocycles. The first kappa shape index (κ1) is 15.0. The number of furan rings is 1. The van der Waals surface area contributed by atoms with Gasteiger partial charge in [-0.1, -0.05) is 66.7 Å². The third-order valence-corrected chi connectivity index (χ3v) is 3.75. The van der Waals surface area contributed by atoms with E-state index in [4.69, 9.17) is 13.9 Å². The Balaban J connectivity index is 1.71. The Kier molecular flexibility index (Phi) is 3.92. The number of benzene rings is 3. The summed E-state index contributed by atoms with van der Waals surface area (Å²) in [6.45, 7) is 0. The number of carbonyl (C=O) groups is 1. The topological polar surface area (TPSA) is 48.7 Å². The van der Waals surface area contributed by atoms with Crippen molar-refractivity contribution in [1.82, 2.24) is 0 Å². The minimum absolute atomic E-state index is 0.119. The number of fused-ring (bicyclic) bond motifs is 1. The van der Waals surface area contributed by atoms with Crippen LogP contribution in [0.2, 0.25) is 0 Å². The molecule has 122 valence electrons. The molecular weight excluding hydrogens is 316 g/mol. The Morgan fingerprint density at radius 3 is 2.12 bits per heavy atom. The van der Waals surface area contributed by atoms with E-state index >= 15 is 0 Å². The van der Waals surface area contributed by atoms with E-state index in [9.17, 15) is 4.79 Å². The van der Waals surface area contributed by atoms with Gasteiger partial charge in [-0.15, -0.1) is 0 Å². The lowest BCUT2D eigenvalue weighted by atomic mass is 10.0. The quantitative estimate of drug-likeness (QED) is 0.358. The van der Waals surface area contributed by atoms with Crippen molar-refractivity contribution in [2.45, 2.75) is 0 Å². The first-order valence-corrected chi connectivity index (χ1v) is 7.83. The molecule has 0 saturated heterocycles. The minimum atomic E-state index is -0.845. The maximum atomic E-state index is 12.1. The highest BCUT2D eigenvalue weighted by molar-refractivity contribution is 5.97. The molecule has 0 saturated carbocycles. The second kappa shape index (κ2) is 6.53. The van der Waals surface area contributed by atoms with Crippen molar-refractivity contribution in [2.75, 3.05) is 0 Å². The molecule has 0 amide bonds. The molecule has 0 unspecified atom stereocenters. The number of ether oxygens (including phenoxy) is 2. The Morgan fingerprint density at radius 2 is 1.36 bits per heavy atom. The molecule has 0 radical (unpaired) electrons.